The van der Waals surface area contributed by atoms with Gasteiger partial charge in [0.1, 0.15) is 5.75 Å². The van der Waals surface area contributed by atoms with Gasteiger partial charge >= 0.3 is 5.97 Å². The predicted octanol–water partition coefficient (Wildman–Crippen LogP) is 2.09. The van der Waals surface area contributed by atoms with Gasteiger partial charge in [-0.1, -0.05) is 23.7 Å². The van der Waals surface area contributed by atoms with E-state index >= 15 is 0 Å². The van der Waals surface area contributed by atoms with Crippen LogP contribution in [-0.4, -0.2) is 29.1 Å². The Morgan fingerprint density at radius 2 is 2.05 bits per heavy atom. The number of rotatable bonds is 5. The Hall–Kier alpha value is -1.75. The minimum absolute atomic E-state index is 0.0825. The first-order valence-corrected chi connectivity index (χ1v) is 6.79. The number of hydrogen-bond donors (Lipinski definition) is 2. The van der Waals surface area contributed by atoms with E-state index in [0.29, 0.717) is 23.6 Å². The molecule has 108 valence electrons. The van der Waals surface area contributed by atoms with Gasteiger partial charge in [-0.05, 0) is 31.9 Å². The second-order valence-corrected chi connectivity index (χ2v) is 5.31. The van der Waals surface area contributed by atoms with Gasteiger partial charge in [-0.15, -0.1) is 0 Å². The normalized spacial score (nSPS) is 22.5. The number of para-hydroxylation sites is 1. The molecular weight excluding hydrogens is 282 g/mol. The minimum atomic E-state index is -0.809. The number of carbonyl (C=O) groups is 2. The zero-order valence-electron chi connectivity index (χ0n) is 11.0. The molecule has 1 aromatic rings. The number of aliphatic carboxylic acids is 1. The van der Waals surface area contributed by atoms with Crippen LogP contribution in [0.4, 0.5) is 0 Å². The number of benzene rings is 1. The lowest BCUT2D eigenvalue weighted by Crippen LogP contribution is -2.50. The summed E-state index contributed by atoms with van der Waals surface area (Å²) < 4.78 is 5.49. The summed E-state index contributed by atoms with van der Waals surface area (Å²) >= 11 is 5.95. The van der Waals surface area contributed by atoms with E-state index in [0.717, 1.165) is 0 Å². The molecule has 0 bridgehead atoms. The van der Waals surface area contributed by atoms with Gasteiger partial charge in [-0.3, -0.25) is 9.59 Å². The van der Waals surface area contributed by atoms with Crippen molar-refractivity contribution in [3.8, 4) is 5.75 Å². The molecule has 0 spiro atoms. The van der Waals surface area contributed by atoms with Gasteiger partial charge in [0.15, 0.2) is 6.10 Å². The van der Waals surface area contributed by atoms with E-state index in [1.54, 1.807) is 31.2 Å². The largest absolute Gasteiger partial charge is 0.481 e. The van der Waals surface area contributed by atoms with Crippen molar-refractivity contribution >= 4 is 23.5 Å². The Morgan fingerprint density at radius 1 is 1.40 bits per heavy atom. The summed E-state index contributed by atoms with van der Waals surface area (Å²) in [5.74, 6) is -0.969. The molecule has 0 saturated heterocycles. The summed E-state index contributed by atoms with van der Waals surface area (Å²) in [6, 6.07) is 6.84. The van der Waals surface area contributed by atoms with Crippen molar-refractivity contribution in [1.82, 2.24) is 5.32 Å². The monoisotopic (exact) mass is 297 g/mol. The SMILES string of the molecule is CC(Oc1ccccc1Cl)C(=O)NC1CC(C(=O)O)C1. The van der Waals surface area contributed by atoms with Crippen LogP contribution in [0.5, 0.6) is 5.75 Å². The van der Waals surface area contributed by atoms with E-state index in [1.165, 1.54) is 0 Å². The Labute approximate surface area is 121 Å². The van der Waals surface area contributed by atoms with Crippen molar-refractivity contribution in [2.45, 2.75) is 31.9 Å². The van der Waals surface area contributed by atoms with Gasteiger partial charge in [0.05, 0.1) is 10.9 Å². The molecule has 20 heavy (non-hydrogen) atoms. The number of carboxylic acid groups (broad SMARTS) is 1. The van der Waals surface area contributed by atoms with Crippen molar-refractivity contribution in [3.05, 3.63) is 29.3 Å². The van der Waals surface area contributed by atoms with Crippen molar-refractivity contribution in [3.63, 3.8) is 0 Å². The lowest BCUT2D eigenvalue weighted by Gasteiger charge is -2.33. The zero-order valence-corrected chi connectivity index (χ0v) is 11.8. The molecule has 1 amide bonds. The summed E-state index contributed by atoms with van der Waals surface area (Å²) in [6.45, 7) is 1.63. The van der Waals surface area contributed by atoms with Crippen molar-refractivity contribution in [2.24, 2.45) is 5.92 Å². The molecule has 2 rings (SSSR count). The third-order valence-electron chi connectivity index (χ3n) is 3.34. The molecule has 6 heteroatoms. The Morgan fingerprint density at radius 3 is 2.65 bits per heavy atom. The van der Waals surface area contributed by atoms with Crippen LogP contribution < -0.4 is 10.1 Å². The zero-order chi connectivity index (χ0) is 14.7. The van der Waals surface area contributed by atoms with Crippen LogP contribution in [0.25, 0.3) is 0 Å². The van der Waals surface area contributed by atoms with Gasteiger partial charge in [0, 0.05) is 6.04 Å². The molecule has 0 aromatic heterocycles. The number of amides is 1. The molecule has 1 aliphatic carbocycles. The lowest BCUT2D eigenvalue weighted by molar-refractivity contribution is -0.146. The molecule has 1 saturated carbocycles. The number of ether oxygens (including phenoxy) is 1. The predicted molar refractivity (Wildman–Crippen MR) is 73.8 cm³/mol. The average molecular weight is 298 g/mol. The highest BCUT2D eigenvalue weighted by molar-refractivity contribution is 6.32. The molecule has 0 heterocycles. The van der Waals surface area contributed by atoms with E-state index in [-0.39, 0.29) is 17.9 Å². The van der Waals surface area contributed by atoms with Crippen LogP contribution in [0.15, 0.2) is 24.3 Å². The molecule has 1 fully saturated rings. The fraction of sp³-hybridized carbons (Fsp3) is 0.429. The van der Waals surface area contributed by atoms with E-state index in [2.05, 4.69) is 5.32 Å². The average Bonchev–Trinajstić information content (AvgIpc) is 2.35. The number of nitrogens with one attached hydrogen (secondary N) is 1. The first-order valence-electron chi connectivity index (χ1n) is 6.41. The van der Waals surface area contributed by atoms with Crippen LogP contribution >= 0.6 is 11.6 Å². The number of halogens is 1. The maximum absolute atomic E-state index is 11.9. The van der Waals surface area contributed by atoms with Crippen molar-refractivity contribution in [1.29, 1.82) is 0 Å². The fourth-order valence-corrected chi connectivity index (χ4v) is 2.22. The number of hydrogen-bond acceptors (Lipinski definition) is 3. The van der Waals surface area contributed by atoms with Gasteiger partial charge < -0.3 is 15.2 Å². The second kappa shape index (κ2) is 6.13. The Balaban J connectivity index is 1.81. The fourth-order valence-electron chi connectivity index (χ4n) is 2.04. The van der Waals surface area contributed by atoms with E-state index in [1.807, 2.05) is 0 Å². The smallest absolute Gasteiger partial charge is 0.306 e. The van der Waals surface area contributed by atoms with Gasteiger partial charge in [-0.25, -0.2) is 0 Å². The molecule has 2 N–H and O–H groups in total. The first kappa shape index (κ1) is 14.7. The third-order valence-corrected chi connectivity index (χ3v) is 3.66. The quantitative estimate of drug-likeness (QED) is 0.872. The van der Waals surface area contributed by atoms with Gasteiger partial charge in [-0.2, -0.15) is 0 Å². The molecule has 1 atom stereocenters. The summed E-state index contributed by atoms with van der Waals surface area (Å²) in [5, 5.41) is 12.0. The third kappa shape index (κ3) is 3.42. The standard InChI is InChI=1S/C14H16ClNO4/c1-8(20-12-5-3-2-4-11(12)15)13(17)16-10-6-9(7-10)14(18)19/h2-5,8-10H,6-7H2,1H3,(H,16,17)(H,18,19). The highest BCUT2D eigenvalue weighted by Crippen LogP contribution is 2.28. The molecule has 1 aromatic carbocycles. The molecule has 5 nitrogen and oxygen atoms in total. The maximum atomic E-state index is 11.9. The Bertz CT molecular complexity index is 514. The van der Waals surface area contributed by atoms with Crippen molar-refractivity contribution < 1.29 is 19.4 Å². The second-order valence-electron chi connectivity index (χ2n) is 4.90. The Kier molecular flexibility index (Phi) is 4.49. The van der Waals surface area contributed by atoms with Crippen LogP contribution in [0.2, 0.25) is 5.02 Å². The minimum Gasteiger partial charge on any atom is -0.481 e. The highest BCUT2D eigenvalue weighted by atomic mass is 35.5. The molecule has 0 radical (unpaired) electrons. The summed E-state index contributed by atoms with van der Waals surface area (Å²) in [4.78, 5) is 22.6. The van der Waals surface area contributed by atoms with E-state index in [4.69, 9.17) is 21.4 Å². The van der Waals surface area contributed by atoms with Crippen LogP contribution in [0.3, 0.4) is 0 Å². The maximum Gasteiger partial charge on any atom is 0.306 e. The van der Waals surface area contributed by atoms with Crippen LogP contribution in [-0.2, 0) is 9.59 Å². The topological polar surface area (TPSA) is 75.6 Å². The van der Waals surface area contributed by atoms with E-state index < -0.39 is 12.1 Å². The summed E-state index contributed by atoms with van der Waals surface area (Å²) in [5.41, 5.74) is 0. The first-order chi connectivity index (χ1) is 9.47. The van der Waals surface area contributed by atoms with Gasteiger partial charge in [0.25, 0.3) is 5.91 Å². The molecule has 1 unspecified atom stereocenters. The molecular formula is C14H16ClNO4. The highest BCUT2D eigenvalue weighted by Gasteiger charge is 2.36. The van der Waals surface area contributed by atoms with Crippen molar-refractivity contribution in [2.75, 3.05) is 0 Å². The summed E-state index contributed by atoms with van der Waals surface area (Å²) in [6.07, 6.45) is 0.263. The van der Waals surface area contributed by atoms with Crippen LogP contribution in [0, 0.1) is 5.92 Å². The van der Waals surface area contributed by atoms with E-state index in [9.17, 15) is 9.59 Å². The number of carboxylic acids is 1. The summed E-state index contributed by atoms with van der Waals surface area (Å²) in [7, 11) is 0. The van der Waals surface area contributed by atoms with Crippen LogP contribution in [0.1, 0.15) is 19.8 Å². The van der Waals surface area contributed by atoms with Gasteiger partial charge in [0.2, 0.25) is 0 Å². The molecule has 1 aliphatic rings. The number of carbonyl (C=O) groups excluding carboxylic acids is 1. The molecule has 0 aliphatic heterocycles. The lowest BCUT2D eigenvalue weighted by atomic mass is 9.80.